The number of ether oxygens (including phenoxy) is 2. The number of amides is 1. The number of nitrogens with zero attached hydrogens (tertiary/aromatic N) is 4. The first-order valence-corrected chi connectivity index (χ1v) is 14.4. The van der Waals surface area contributed by atoms with Gasteiger partial charge >= 0.3 is 6.09 Å². The van der Waals surface area contributed by atoms with Crippen molar-refractivity contribution in [3.05, 3.63) is 82.1 Å². The van der Waals surface area contributed by atoms with Gasteiger partial charge in [-0.2, -0.15) is 0 Å². The minimum Gasteiger partial charge on any atom is -0.445 e. The molecule has 0 aliphatic carbocycles. The van der Waals surface area contributed by atoms with E-state index in [4.69, 9.17) is 14.5 Å². The molecule has 1 amide bonds. The molecule has 0 N–H and O–H groups in total. The SMILES string of the molecule is CO[C@@H](C)c1ncc(N2CCN(C(=O)OCc3ccccc3)CC2)cc1-c1cc2cc(Br)cc3c2n1CCC3. The summed E-state index contributed by atoms with van der Waals surface area (Å²) in [4.78, 5) is 21.7. The van der Waals surface area contributed by atoms with Crippen molar-refractivity contribution in [2.75, 3.05) is 38.2 Å². The quantitative estimate of drug-likeness (QED) is 0.255. The second kappa shape index (κ2) is 11.0. The molecule has 1 saturated heterocycles. The topological polar surface area (TPSA) is 59.8 Å². The Morgan fingerprint density at radius 3 is 2.62 bits per heavy atom. The lowest BCUT2D eigenvalue weighted by molar-refractivity contribution is 0.0941. The molecule has 4 heterocycles. The lowest BCUT2D eigenvalue weighted by atomic mass is 10.0. The maximum Gasteiger partial charge on any atom is 0.410 e. The van der Waals surface area contributed by atoms with Crippen LogP contribution in [0, 0.1) is 0 Å². The molecule has 39 heavy (non-hydrogen) atoms. The molecule has 6 rings (SSSR count). The summed E-state index contributed by atoms with van der Waals surface area (Å²) in [5, 5.41) is 1.25. The van der Waals surface area contributed by atoms with E-state index in [0.717, 1.165) is 59.5 Å². The van der Waals surface area contributed by atoms with Crippen LogP contribution in [0.2, 0.25) is 0 Å². The van der Waals surface area contributed by atoms with Crippen molar-refractivity contribution in [1.82, 2.24) is 14.5 Å². The van der Waals surface area contributed by atoms with E-state index in [0.29, 0.717) is 19.7 Å². The van der Waals surface area contributed by atoms with Crippen LogP contribution in [-0.4, -0.2) is 53.8 Å². The van der Waals surface area contributed by atoms with Gasteiger partial charge < -0.3 is 23.8 Å². The lowest BCUT2D eigenvalue weighted by Crippen LogP contribution is -2.49. The van der Waals surface area contributed by atoms with Gasteiger partial charge in [0.15, 0.2) is 0 Å². The van der Waals surface area contributed by atoms with E-state index in [1.807, 2.05) is 43.5 Å². The molecular weight excluding hydrogens is 556 g/mol. The van der Waals surface area contributed by atoms with Gasteiger partial charge in [-0.05, 0) is 55.2 Å². The van der Waals surface area contributed by atoms with Crippen molar-refractivity contribution in [2.45, 2.75) is 39.0 Å². The monoisotopic (exact) mass is 588 g/mol. The van der Waals surface area contributed by atoms with Crippen LogP contribution in [0.5, 0.6) is 0 Å². The molecule has 7 nitrogen and oxygen atoms in total. The Kier molecular flexibility index (Phi) is 7.32. The van der Waals surface area contributed by atoms with Crippen molar-refractivity contribution < 1.29 is 14.3 Å². The Bertz CT molecular complexity index is 1490. The summed E-state index contributed by atoms with van der Waals surface area (Å²) in [7, 11) is 1.73. The molecular formula is C31H33BrN4O3. The van der Waals surface area contributed by atoms with Crippen molar-refractivity contribution in [1.29, 1.82) is 0 Å². The highest BCUT2D eigenvalue weighted by Gasteiger charge is 2.26. The van der Waals surface area contributed by atoms with E-state index in [9.17, 15) is 4.79 Å². The zero-order valence-electron chi connectivity index (χ0n) is 22.4. The van der Waals surface area contributed by atoms with Crippen LogP contribution in [0.3, 0.4) is 0 Å². The van der Waals surface area contributed by atoms with E-state index >= 15 is 0 Å². The normalized spacial score (nSPS) is 16.0. The number of piperazine rings is 1. The minimum atomic E-state index is -0.262. The van der Waals surface area contributed by atoms with Crippen LogP contribution in [0.1, 0.15) is 36.3 Å². The van der Waals surface area contributed by atoms with Gasteiger partial charge in [-0.3, -0.25) is 4.98 Å². The molecule has 0 bridgehead atoms. The number of rotatable bonds is 6. The number of halogens is 1. The van der Waals surface area contributed by atoms with Gasteiger partial charge in [-0.15, -0.1) is 0 Å². The van der Waals surface area contributed by atoms with Crippen molar-refractivity contribution in [2.24, 2.45) is 0 Å². The third kappa shape index (κ3) is 5.15. The Balaban J connectivity index is 1.25. The van der Waals surface area contributed by atoms with Gasteiger partial charge in [-0.1, -0.05) is 46.3 Å². The maximum absolute atomic E-state index is 12.7. The Morgan fingerprint density at radius 2 is 1.85 bits per heavy atom. The standard InChI is InChI=1S/C31H33BrN4O3/c1-21(38-2)29-27(28-17-24-16-25(32)15-23-9-6-10-36(28)30(23)24)18-26(19-33-29)34-11-13-35(14-12-34)31(37)39-20-22-7-4-3-5-8-22/h3-5,7-8,15-19,21H,6,9-14,20H2,1-2H3/t21-/m0/s1. The van der Waals surface area contributed by atoms with E-state index in [1.54, 1.807) is 12.0 Å². The Labute approximate surface area is 237 Å². The van der Waals surface area contributed by atoms with Crippen molar-refractivity contribution >= 4 is 38.6 Å². The summed E-state index contributed by atoms with van der Waals surface area (Å²) in [6.07, 6.45) is 3.76. The number of carbonyl (C=O) groups excluding carboxylic acids is 1. The maximum atomic E-state index is 12.7. The number of methoxy groups -OCH3 is 1. The molecule has 0 radical (unpaired) electrons. The van der Waals surface area contributed by atoms with Crippen molar-refractivity contribution in [3.63, 3.8) is 0 Å². The fourth-order valence-corrected chi connectivity index (χ4v) is 6.30. The Hall–Kier alpha value is -3.36. The number of hydrogen-bond acceptors (Lipinski definition) is 5. The van der Waals surface area contributed by atoms with Gasteiger partial charge in [0.2, 0.25) is 0 Å². The first-order chi connectivity index (χ1) is 19.0. The van der Waals surface area contributed by atoms with Crippen LogP contribution in [0.15, 0.2) is 65.3 Å². The predicted molar refractivity (Wildman–Crippen MR) is 157 cm³/mol. The zero-order valence-corrected chi connectivity index (χ0v) is 24.0. The van der Waals surface area contributed by atoms with Gasteiger partial charge in [0.25, 0.3) is 0 Å². The first kappa shape index (κ1) is 25.9. The number of aryl methyl sites for hydroxylation is 2. The highest BCUT2D eigenvalue weighted by Crippen LogP contribution is 2.39. The zero-order chi connectivity index (χ0) is 26.9. The molecule has 2 aliphatic heterocycles. The second-order valence-electron chi connectivity index (χ2n) is 10.3. The first-order valence-electron chi connectivity index (χ1n) is 13.6. The average Bonchev–Trinajstić information content (AvgIpc) is 3.35. The van der Waals surface area contributed by atoms with Crippen LogP contribution < -0.4 is 4.90 Å². The lowest BCUT2D eigenvalue weighted by Gasteiger charge is -2.35. The number of carbonyl (C=O) groups is 1. The molecule has 0 spiro atoms. The number of pyridine rings is 1. The largest absolute Gasteiger partial charge is 0.445 e. The van der Waals surface area contributed by atoms with Crippen LogP contribution in [0.25, 0.3) is 22.2 Å². The molecule has 2 aromatic carbocycles. The summed E-state index contributed by atoms with van der Waals surface area (Å²) in [5.74, 6) is 0. The molecule has 0 saturated carbocycles. The fraction of sp³-hybridized carbons (Fsp3) is 0.355. The summed E-state index contributed by atoms with van der Waals surface area (Å²) in [6, 6.07) is 18.8. The molecule has 2 aliphatic rings. The molecule has 4 aromatic rings. The average molecular weight is 590 g/mol. The fourth-order valence-electron chi connectivity index (χ4n) is 5.77. The summed E-state index contributed by atoms with van der Waals surface area (Å²) in [6.45, 7) is 5.99. The third-order valence-corrected chi connectivity index (χ3v) is 8.35. The number of hydrogen-bond donors (Lipinski definition) is 0. The van der Waals surface area contributed by atoms with Gasteiger partial charge in [0.05, 0.1) is 34.9 Å². The van der Waals surface area contributed by atoms with Crippen molar-refractivity contribution in [3.8, 4) is 11.3 Å². The van der Waals surface area contributed by atoms with Crippen LogP contribution in [0.4, 0.5) is 10.5 Å². The highest BCUT2D eigenvalue weighted by molar-refractivity contribution is 9.10. The van der Waals surface area contributed by atoms with Gasteiger partial charge in [0, 0.05) is 55.3 Å². The minimum absolute atomic E-state index is 0.133. The number of aromatic nitrogens is 2. The third-order valence-electron chi connectivity index (χ3n) is 7.89. The second-order valence-corrected chi connectivity index (χ2v) is 11.2. The molecule has 1 fully saturated rings. The Morgan fingerprint density at radius 1 is 1.05 bits per heavy atom. The summed E-state index contributed by atoms with van der Waals surface area (Å²) < 4.78 is 14.9. The molecule has 0 unspecified atom stereocenters. The summed E-state index contributed by atoms with van der Waals surface area (Å²) >= 11 is 3.70. The molecule has 202 valence electrons. The van der Waals surface area contributed by atoms with Gasteiger partial charge in [0.1, 0.15) is 6.61 Å². The molecule has 2 aromatic heterocycles. The molecule has 1 atom stereocenters. The molecule has 8 heteroatoms. The van der Waals surface area contributed by atoms with E-state index in [-0.39, 0.29) is 12.2 Å². The van der Waals surface area contributed by atoms with Gasteiger partial charge in [-0.25, -0.2) is 4.79 Å². The van der Waals surface area contributed by atoms with E-state index in [2.05, 4.69) is 49.7 Å². The number of anilines is 1. The number of benzene rings is 2. The highest BCUT2D eigenvalue weighted by atomic mass is 79.9. The van der Waals surface area contributed by atoms with Crippen LogP contribution >= 0.6 is 15.9 Å². The summed E-state index contributed by atoms with van der Waals surface area (Å²) in [5.41, 5.74) is 7.98. The van der Waals surface area contributed by atoms with E-state index in [1.165, 1.54) is 22.2 Å². The smallest absolute Gasteiger partial charge is 0.410 e. The predicted octanol–water partition coefficient (Wildman–Crippen LogP) is 6.58. The van der Waals surface area contributed by atoms with Crippen LogP contribution in [-0.2, 0) is 29.0 Å². The van der Waals surface area contributed by atoms with E-state index < -0.39 is 0 Å².